The number of furan rings is 2. The van der Waals surface area contributed by atoms with Crippen molar-refractivity contribution in [2.24, 2.45) is 0 Å². The molecule has 622 valence electrons. The Labute approximate surface area is 740 Å². The summed E-state index contributed by atoms with van der Waals surface area (Å²) < 4.78 is 22.4. The van der Waals surface area contributed by atoms with Gasteiger partial charge in [0.15, 0.2) is 0 Å². The van der Waals surface area contributed by atoms with Crippen molar-refractivity contribution in [3.05, 3.63) is 324 Å². The highest BCUT2D eigenvalue weighted by atomic mass is 16.3. The third-order valence-corrected chi connectivity index (χ3v) is 27.9. The molecule has 0 fully saturated rings. The van der Waals surface area contributed by atoms with Gasteiger partial charge >= 0.3 is 0 Å². The van der Waals surface area contributed by atoms with Gasteiger partial charge in [-0.2, -0.15) is 0 Å². The molecule has 126 heavy (non-hydrogen) atoms. The lowest BCUT2D eigenvalue weighted by Crippen LogP contribution is -2.61. The van der Waals surface area contributed by atoms with Crippen LogP contribution >= 0.6 is 0 Å². The topological polar surface area (TPSA) is 47.6 Å². The number of aromatic nitrogens is 3. The average Bonchev–Trinajstić information content (AvgIpc) is 1.04. The first-order valence-electron chi connectivity index (χ1n) is 45.3. The predicted octanol–water partition coefficient (Wildman–Crippen LogP) is 31.3. The van der Waals surface area contributed by atoms with E-state index < -0.39 is 0 Å². The van der Waals surface area contributed by atoms with Crippen LogP contribution in [0.3, 0.4) is 0 Å². The Morgan fingerprint density at radius 2 is 0.579 bits per heavy atom. The van der Waals surface area contributed by atoms with E-state index >= 15 is 0 Å². The molecule has 0 N–H and O–H groups in total. The van der Waals surface area contributed by atoms with Gasteiger partial charge in [0.2, 0.25) is 0 Å². The second-order valence-electron chi connectivity index (χ2n) is 43.5. The lowest BCUT2D eigenvalue weighted by molar-refractivity contribution is 0.590. The van der Waals surface area contributed by atoms with Crippen LogP contribution in [-0.4, -0.2) is 20.4 Å². The quantitative estimate of drug-likeness (QED) is 0.149. The van der Waals surface area contributed by atoms with Crippen molar-refractivity contribution in [1.82, 2.24) is 13.7 Å². The van der Waals surface area contributed by atoms with Crippen molar-refractivity contribution in [2.45, 2.75) is 183 Å². The molecule has 7 heterocycles. The largest absolute Gasteiger partial charge is 0.456 e. The van der Waals surface area contributed by atoms with Crippen LogP contribution in [0.2, 0.25) is 0 Å². The van der Waals surface area contributed by atoms with E-state index in [1.807, 2.05) is 0 Å². The Bertz CT molecular complexity index is 7800. The Morgan fingerprint density at radius 1 is 0.222 bits per heavy atom. The molecule has 2 aliphatic heterocycles. The van der Waals surface area contributed by atoms with Gasteiger partial charge in [-0.15, -0.1) is 0 Å². The first kappa shape index (κ1) is 78.9. The van der Waals surface area contributed by atoms with E-state index in [4.69, 9.17) is 8.83 Å². The van der Waals surface area contributed by atoms with E-state index in [2.05, 4.69) is 454 Å². The van der Waals surface area contributed by atoms with E-state index in [-0.39, 0.29) is 44.6 Å². The van der Waals surface area contributed by atoms with Crippen LogP contribution in [0.25, 0.3) is 149 Å². The zero-order valence-electron chi connectivity index (χ0n) is 76.8. The highest BCUT2D eigenvalue weighted by Gasteiger charge is 2.47. The maximum absolute atomic E-state index is 7.35. The molecule has 5 aromatic heterocycles. The SMILES string of the molecule is CC(C)(C)c1cccc(-c2ccc3oc4ccccc4c3c2N2c3cc(-n4c5ccc(C(C)(C)C)cc5c5cc(C(C)(C)C)ccc54)ccc3B3c4ccc(-n5c6ccc(C(C)(C)C)cc6c6cc(C(C)(C)C)ccc65)cc4N(c4cc(-c5ccccc5)cc5oc6ccccc6c45)c4cc(-n5c6ccc(C(C)(C)C)cc6c6cc(C(C)(C)C)ccc65)cc2c43)c1. The van der Waals surface area contributed by atoms with Crippen LogP contribution < -0.4 is 26.2 Å². The van der Waals surface area contributed by atoms with Crippen molar-refractivity contribution in [2.75, 3.05) is 9.80 Å². The van der Waals surface area contributed by atoms with Crippen LogP contribution in [0.4, 0.5) is 34.1 Å². The summed E-state index contributed by atoms with van der Waals surface area (Å²) in [5, 5.41) is 11.6. The molecule has 20 aromatic rings. The molecule has 0 saturated carbocycles. The van der Waals surface area contributed by atoms with Crippen molar-refractivity contribution >= 4 is 167 Å². The van der Waals surface area contributed by atoms with E-state index in [0.717, 1.165) is 150 Å². The maximum atomic E-state index is 7.35. The number of hydrogen-bond acceptors (Lipinski definition) is 4. The smallest absolute Gasteiger partial charge is 0.252 e. The second-order valence-corrected chi connectivity index (χ2v) is 43.5. The molecular formula is C118H110BN5O2. The van der Waals surface area contributed by atoms with Crippen LogP contribution in [0.15, 0.2) is 294 Å². The van der Waals surface area contributed by atoms with Gasteiger partial charge < -0.3 is 32.3 Å². The lowest BCUT2D eigenvalue weighted by Gasteiger charge is -2.45. The van der Waals surface area contributed by atoms with Gasteiger partial charge in [-0.25, -0.2) is 0 Å². The molecule has 0 radical (unpaired) electrons. The predicted molar refractivity (Wildman–Crippen MR) is 540 cm³/mol. The highest BCUT2D eigenvalue weighted by molar-refractivity contribution is 7.00. The summed E-state index contributed by atoms with van der Waals surface area (Å²) in [6.07, 6.45) is 0. The summed E-state index contributed by atoms with van der Waals surface area (Å²) in [6, 6.07) is 111. The van der Waals surface area contributed by atoms with E-state index in [1.54, 1.807) is 0 Å². The third-order valence-electron chi connectivity index (χ3n) is 27.9. The molecule has 0 atom stereocenters. The molecule has 0 aliphatic carbocycles. The fourth-order valence-electron chi connectivity index (χ4n) is 20.8. The van der Waals surface area contributed by atoms with Gasteiger partial charge in [-0.1, -0.05) is 285 Å². The molecule has 8 heteroatoms. The normalized spacial score (nSPS) is 13.7. The van der Waals surface area contributed by atoms with Gasteiger partial charge in [0, 0.05) is 82.8 Å². The van der Waals surface area contributed by atoms with E-state index in [0.29, 0.717) is 0 Å². The first-order valence-corrected chi connectivity index (χ1v) is 45.3. The number of fused-ring (bicyclic) bond motifs is 19. The van der Waals surface area contributed by atoms with Crippen LogP contribution in [0, 0.1) is 0 Å². The first-order chi connectivity index (χ1) is 59.9. The molecule has 0 unspecified atom stereocenters. The van der Waals surface area contributed by atoms with Gasteiger partial charge in [0.1, 0.15) is 22.3 Å². The van der Waals surface area contributed by atoms with E-state index in [9.17, 15) is 0 Å². The maximum Gasteiger partial charge on any atom is 0.252 e. The molecule has 0 amide bonds. The van der Waals surface area contributed by atoms with Gasteiger partial charge in [0.05, 0.1) is 60.9 Å². The standard InChI is InChI=1S/C118H110BN5O2/c1-112(2,3)72-33-29-32-70(56-72)82-46-55-106-109(84-35-26-28-37-105(84)125-106)111(82)124-100-66-80(121-95-51-40-75(115(10,11)12)61-87(95)88-62-76(116(13,14)15)41-52-96(88)121)45-48-92(100)119-91-47-44-79(120-93-49-38-73(113(4,5)6)59-85(93)86-60-74(114(7,8)9)39-50-94(86)120)65-99(91)123(101-57-71(69-30-23-22-24-31-69)58-107-108(101)83-34-25-27-36-104(83)126-107)102-67-81(68-103(124)110(102)119)122-97-53-42-77(117(16,17)18)63-89(97)90-64-78(118(19,20)21)43-54-98(90)122/h22-68H,1-21H3. The van der Waals surface area contributed by atoms with Crippen molar-refractivity contribution < 1.29 is 8.83 Å². The number of nitrogens with zero attached hydrogens (tertiary/aromatic N) is 5. The number of rotatable bonds is 7. The molecule has 7 nitrogen and oxygen atoms in total. The van der Waals surface area contributed by atoms with E-state index in [1.165, 1.54) is 87.6 Å². The minimum atomic E-state index is -0.364. The molecule has 22 rings (SSSR count). The second kappa shape index (κ2) is 27.2. The molecule has 2 aliphatic rings. The minimum Gasteiger partial charge on any atom is -0.456 e. The zero-order chi connectivity index (χ0) is 87.4. The Kier molecular flexibility index (Phi) is 17.1. The molecule has 15 aromatic carbocycles. The fourth-order valence-corrected chi connectivity index (χ4v) is 20.8. The Balaban J connectivity index is 0.951. The van der Waals surface area contributed by atoms with Crippen LogP contribution in [0.5, 0.6) is 0 Å². The summed E-state index contributed by atoms with van der Waals surface area (Å²) in [7, 11) is 0. The number of anilines is 6. The Hall–Kier alpha value is -13.0. The van der Waals surface area contributed by atoms with Crippen LogP contribution in [-0.2, 0) is 37.9 Å². The monoisotopic (exact) mass is 1640 g/mol. The minimum absolute atomic E-state index is 0.0946. The summed E-state index contributed by atoms with van der Waals surface area (Å²) >= 11 is 0. The number of hydrogen-bond donors (Lipinski definition) is 0. The molecular weight excluding hydrogens is 1530 g/mol. The number of benzene rings is 15. The van der Waals surface area contributed by atoms with Gasteiger partial charge in [0.25, 0.3) is 6.71 Å². The summed E-state index contributed by atoms with van der Waals surface area (Å²) in [5.74, 6) is 0. The van der Waals surface area contributed by atoms with Crippen molar-refractivity contribution in [1.29, 1.82) is 0 Å². The Morgan fingerprint density at radius 3 is 1.01 bits per heavy atom. The average molecular weight is 1640 g/mol. The zero-order valence-corrected chi connectivity index (χ0v) is 76.8. The van der Waals surface area contributed by atoms with Crippen molar-refractivity contribution in [3.8, 4) is 39.3 Å². The van der Waals surface area contributed by atoms with Gasteiger partial charge in [-0.05, 0) is 256 Å². The summed E-state index contributed by atoms with van der Waals surface area (Å²) in [5.41, 5.74) is 35.7. The number of para-hydroxylation sites is 2. The lowest BCUT2D eigenvalue weighted by atomic mass is 9.33. The van der Waals surface area contributed by atoms with Crippen LogP contribution in [0.1, 0.15) is 184 Å². The highest BCUT2D eigenvalue weighted by Crippen LogP contribution is 2.56. The van der Waals surface area contributed by atoms with Gasteiger partial charge in [-0.3, -0.25) is 0 Å². The fraction of sp³-hybridized carbons (Fsp3) is 0.237. The summed E-state index contributed by atoms with van der Waals surface area (Å²) in [6.45, 7) is 48.8. The van der Waals surface area contributed by atoms with Crippen molar-refractivity contribution in [3.63, 3.8) is 0 Å². The third kappa shape index (κ3) is 12.3. The molecule has 0 bridgehead atoms. The summed E-state index contributed by atoms with van der Waals surface area (Å²) in [4.78, 5) is 5.42. The molecule has 0 spiro atoms. The molecule has 0 saturated heterocycles.